The monoisotopic (exact) mass is 374 g/mol. The standard InChI is InChI=1S/C18H16F2N4OS/c1-11(17(25)21-15-6-4-3-5-14(15)20)26-18-23-22-16(24(18)2)12-7-9-13(19)10-8-12/h3-11H,1-2H3,(H,21,25)/t11-/m0/s1. The van der Waals surface area contributed by atoms with Crippen molar-refractivity contribution in [1.29, 1.82) is 0 Å². The largest absolute Gasteiger partial charge is 0.323 e. The second-order valence-corrected chi connectivity index (χ2v) is 6.91. The number of nitrogens with zero attached hydrogens (tertiary/aromatic N) is 3. The van der Waals surface area contributed by atoms with Crippen molar-refractivity contribution in [2.45, 2.75) is 17.3 Å². The Morgan fingerprint density at radius 1 is 1.12 bits per heavy atom. The van der Waals surface area contributed by atoms with Crippen molar-refractivity contribution in [3.8, 4) is 11.4 Å². The Hall–Kier alpha value is -2.74. The molecule has 0 unspecified atom stereocenters. The maximum absolute atomic E-state index is 13.6. The minimum Gasteiger partial charge on any atom is -0.323 e. The fourth-order valence-corrected chi connectivity index (χ4v) is 3.09. The van der Waals surface area contributed by atoms with Crippen LogP contribution in [-0.2, 0) is 11.8 Å². The second-order valence-electron chi connectivity index (χ2n) is 5.60. The molecular formula is C18H16F2N4OS. The third kappa shape index (κ3) is 3.91. The minimum atomic E-state index is -0.515. The molecular weight excluding hydrogens is 358 g/mol. The highest BCUT2D eigenvalue weighted by molar-refractivity contribution is 8.00. The third-order valence-electron chi connectivity index (χ3n) is 3.72. The van der Waals surface area contributed by atoms with Gasteiger partial charge in [0.1, 0.15) is 11.6 Å². The number of hydrogen-bond donors (Lipinski definition) is 1. The number of para-hydroxylation sites is 1. The molecule has 0 aliphatic carbocycles. The van der Waals surface area contributed by atoms with Gasteiger partial charge in [-0.2, -0.15) is 0 Å². The maximum atomic E-state index is 13.6. The number of benzene rings is 2. The first kappa shape index (κ1) is 18.1. The van der Waals surface area contributed by atoms with Gasteiger partial charge in [-0.05, 0) is 43.3 Å². The SMILES string of the molecule is C[C@H](Sc1nnc(-c2ccc(F)cc2)n1C)C(=O)Nc1ccccc1F. The van der Waals surface area contributed by atoms with E-state index in [-0.39, 0.29) is 17.4 Å². The van der Waals surface area contributed by atoms with Gasteiger partial charge in [0, 0.05) is 12.6 Å². The Morgan fingerprint density at radius 3 is 2.50 bits per heavy atom. The van der Waals surface area contributed by atoms with Crippen LogP contribution in [0.2, 0.25) is 0 Å². The van der Waals surface area contributed by atoms with Gasteiger partial charge in [-0.1, -0.05) is 23.9 Å². The van der Waals surface area contributed by atoms with Crippen LogP contribution in [-0.4, -0.2) is 25.9 Å². The lowest BCUT2D eigenvalue weighted by atomic mass is 10.2. The lowest BCUT2D eigenvalue weighted by Crippen LogP contribution is -2.23. The van der Waals surface area contributed by atoms with Crippen LogP contribution in [0.1, 0.15) is 6.92 Å². The summed E-state index contributed by atoms with van der Waals surface area (Å²) in [5.41, 5.74) is 0.853. The zero-order valence-electron chi connectivity index (χ0n) is 14.1. The van der Waals surface area contributed by atoms with Gasteiger partial charge in [-0.15, -0.1) is 10.2 Å². The molecule has 0 bridgehead atoms. The van der Waals surface area contributed by atoms with Gasteiger partial charge in [-0.25, -0.2) is 8.78 Å². The van der Waals surface area contributed by atoms with Gasteiger partial charge in [0.25, 0.3) is 0 Å². The van der Waals surface area contributed by atoms with Gasteiger partial charge < -0.3 is 9.88 Å². The van der Waals surface area contributed by atoms with Crippen molar-refractivity contribution < 1.29 is 13.6 Å². The predicted octanol–water partition coefficient (Wildman–Crippen LogP) is 3.88. The van der Waals surface area contributed by atoms with Gasteiger partial charge in [0.05, 0.1) is 10.9 Å². The number of nitrogens with one attached hydrogen (secondary N) is 1. The lowest BCUT2D eigenvalue weighted by molar-refractivity contribution is -0.115. The Kier molecular flexibility index (Phi) is 5.32. The summed E-state index contributed by atoms with van der Waals surface area (Å²) in [5.74, 6) is -0.597. The van der Waals surface area contributed by atoms with Crippen molar-refractivity contribution in [2.75, 3.05) is 5.32 Å². The van der Waals surface area contributed by atoms with Crippen molar-refractivity contribution in [3.63, 3.8) is 0 Å². The van der Waals surface area contributed by atoms with Crippen LogP contribution in [0.5, 0.6) is 0 Å². The molecule has 1 heterocycles. The van der Waals surface area contributed by atoms with Gasteiger partial charge >= 0.3 is 0 Å². The van der Waals surface area contributed by atoms with E-state index in [1.54, 1.807) is 42.8 Å². The van der Waals surface area contributed by atoms with Crippen molar-refractivity contribution in [2.24, 2.45) is 7.05 Å². The Labute approximate surface area is 153 Å². The van der Waals surface area contributed by atoms with E-state index in [2.05, 4.69) is 15.5 Å². The minimum absolute atomic E-state index is 0.134. The lowest BCUT2D eigenvalue weighted by Gasteiger charge is -2.12. The first-order chi connectivity index (χ1) is 12.5. The number of carbonyl (C=O) groups is 1. The van der Waals surface area contributed by atoms with E-state index in [1.165, 1.54) is 36.0 Å². The Bertz CT molecular complexity index is 927. The molecule has 5 nitrogen and oxygen atoms in total. The summed E-state index contributed by atoms with van der Waals surface area (Å²) in [6, 6.07) is 11.9. The molecule has 1 aromatic heterocycles. The molecule has 1 N–H and O–H groups in total. The summed E-state index contributed by atoms with van der Waals surface area (Å²) < 4.78 is 28.4. The first-order valence-corrected chi connectivity index (χ1v) is 8.71. The van der Waals surface area contributed by atoms with Crippen LogP contribution in [0.3, 0.4) is 0 Å². The summed E-state index contributed by atoms with van der Waals surface area (Å²) in [4.78, 5) is 12.3. The molecule has 0 aliphatic heterocycles. The van der Waals surface area contributed by atoms with E-state index in [0.717, 1.165) is 5.56 Å². The van der Waals surface area contributed by atoms with E-state index < -0.39 is 11.1 Å². The van der Waals surface area contributed by atoms with Crippen molar-refractivity contribution >= 4 is 23.4 Å². The smallest absolute Gasteiger partial charge is 0.237 e. The highest BCUT2D eigenvalue weighted by Gasteiger charge is 2.20. The van der Waals surface area contributed by atoms with Crippen LogP contribution < -0.4 is 5.32 Å². The Morgan fingerprint density at radius 2 is 1.81 bits per heavy atom. The molecule has 0 saturated carbocycles. The molecule has 3 rings (SSSR count). The third-order valence-corrected chi connectivity index (χ3v) is 4.85. The molecule has 8 heteroatoms. The number of rotatable bonds is 5. The van der Waals surface area contributed by atoms with Crippen LogP contribution in [0.15, 0.2) is 53.7 Å². The fourth-order valence-electron chi connectivity index (χ4n) is 2.28. The van der Waals surface area contributed by atoms with E-state index in [4.69, 9.17) is 0 Å². The molecule has 0 radical (unpaired) electrons. The summed E-state index contributed by atoms with van der Waals surface area (Å²) in [7, 11) is 1.77. The number of amides is 1. The molecule has 3 aromatic rings. The molecule has 2 aromatic carbocycles. The molecule has 1 amide bonds. The van der Waals surface area contributed by atoms with E-state index in [9.17, 15) is 13.6 Å². The van der Waals surface area contributed by atoms with E-state index in [0.29, 0.717) is 11.0 Å². The normalized spacial score (nSPS) is 12.0. The number of thioether (sulfide) groups is 1. The van der Waals surface area contributed by atoms with Crippen molar-refractivity contribution in [1.82, 2.24) is 14.8 Å². The van der Waals surface area contributed by atoms with Gasteiger partial charge in [0.15, 0.2) is 11.0 Å². The van der Waals surface area contributed by atoms with Crippen molar-refractivity contribution in [3.05, 3.63) is 60.2 Å². The van der Waals surface area contributed by atoms with Gasteiger partial charge in [0.2, 0.25) is 5.91 Å². The highest BCUT2D eigenvalue weighted by atomic mass is 32.2. The zero-order valence-corrected chi connectivity index (χ0v) is 14.9. The molecule has 26 heavy (non-hydrogen) atoms. The molecule has 0 aliphatic rings. The summed E-state index contributed by atoms with van der Waals surface area (Å²) in [6.45, 7) is 1.70. The van der Waals surface area contributed by atoms with Crippen LogP contribution in [0, 0.1) is 11.6 Å². The number of aromatic nitrogens is 3. The molecule has 134 valence electrons. The molecule has 0 spiro atoms. The quantitative estimate of drug-likeness (QED) is 0.689. The number of anilines is 1. The maximum Gasteiger partial charge on any atom is 0.237 e. The summed E-state index contributed by atoms with van der Waals surface area (Å²) in [5, 5.41) is 10.8. The number of carbonyl (C=O) groups excluding carboxylic acids is 1. The number of hydrogen-bond acceptors (Lipinski definition) is 4. The zero-order chi connectivity index (χ0) is 18.7. The topological polar surface area (TPSA) is 59.8 Å². The predicted molar refractivity (Wildman–Crippen MR) is 96.7 cm³/mol. The second kappa shape index (κ2) is 7.65. The first-order valence-electron chi connectivity index (χ1n) is 7.83. The van der Waals surface area contributed by atoms with Crippen LogP contribution in [0.4, 0.5) is 14.5 Å². The number of halogens is 2. The molecule has 0 saturated heterocycles. The summed E-state index contributed by atoms with van der Waals surface area (Å²) >= 11 is 1.20. The van der Waals surface area contributed by atoms with Gasteiger partial charge in [-0.3, -0.25) is 4.79 Å². The average Bonchev–Trinajstić information content (AvgIpc) is 2.98. The van der Waals surface area contributed by atoms with E-state index in [1.807, 2.05) is 0 Å². The summed E-state index contributed by atoms with van der Waals surface area (Å²) in [6.07, 6.45) is 0. The highest BCUT2D eigenvalue weighted by Crippen LogP contribution is 2.26. The Balaban J connectivity index is 1.71. The van der Waals surface area contributed by atoms with Crippen LogP contribution in [0.25, 0.3) is 11.4 Å². The molecule has 0 fully saturated rings. The van der Waals surface area contributed by atoms with E-state index >= 15 is 0 Å². The van der Waals surface area contributed by atoms with Crippen LogP contribution >= 0.6 is 11.8 Å². The fraction of sp³-hybridized carbons (Fsp3) is 0.167. The average molecular weight is 374 g/mol. The molecule has 1 atom stereocenters.